The van der Waals surface area contributed by atoms with E-state index in [1.807, 2.05) is 0 Å². The predicted octanol–water partition coefficient (Wildman–Crippen LogP) is 1.95. The lowest BCUT2D eigenvalue weighted by Crippen LogP contribution is -2.31. The molecule has 1 saturated heterocycles. The smallest absolute Gasteiger partial charge is 0.306 e. The second kappa shape index (κ2) is 7.62. The summed E-state index contributed by atoms with van der Waals surface area (Å²) in [5, 5.41) is 11.9. The molecule has 1 amide bonds. The van der Waals surface area contributed by atoms with Gasteiger partial charge in [0.2, 0.25) is 5.91 Å². The van der Waals surface area contributed by atoms with Crippen LogP contribution < -0.4 is 5.32 Å². The average Bonchev–Trinajstić information content (AvgIpc) is 2.94. The average molecular weight is 283 g/mol. The molecule has 5 nitrogen and oxygen atoms in total. The van der Waals surface area contributed by atoms with E-state index in [1.165, 1.54) is 12.8 Å². The Kier molecular flexibility index (Phi) is 5.83. The summed E-state index contributed by atoms with van der Waals surface area (Å²) in [7, 11) is 0. The second-order valence-corrected chi connectivity index (χ2v) is 5.97. The minimum absolute atomic E-state index is 0.0262. The third-order valence-electron chi connectivity index (χ3n) is 4.43. The largest absolute Gasteiger partial charge is 0.481 e. The Morgan fingerprint density at radius 2 is 1.95 bits per heavy atom. The van der Waals surface area contributed by atoms with Crippen LogP contribution in [0.4, 0.5) is 0 Å². The zero-order valence-electron chi connectivity index (χ0n) is 12.0. The number of carboxylic acids is 1. The molecular formula is C15H25NO4. The highest BCUT2D eigenvalue weighted by molar-refractivity contribution is 5.80. The third-order valence-corrected chi connectivity index (χ3v) is 4.43. The van der Waals surface area contributed by atoms with Crippen molar-refractivity contribution in [3.63, 3.8) is 0 Å². The van der Waals surface area contributed by atoms with Crippen LogP contribution in [-0.4, -0.2) is 36.2 Å². The van der Waals surface area contributed by atoms with Gasteiger partial charge in [-0.3, -0.25) is 9.59 Å². The van der Waals surface area contributed by atoms with Crippen LogP contribution in [0.3, 0.4) is 0 Å². The molecule has 1 aliphatic carbocycles. The Bertz CT molecular complexity index is 339. The molecule has 0 aromatic rings. The monoisotopic (exact) mass is 283 g/mol. The summed E-state index contributed by atoms with van der Waals surface area (Å²) in [5.41, 5.74) is 0. The van der Waals surface area contributed by atoms with Gasteiger partial charge in [0.1, 0.15) is 0 Å². The van der Waals surface area contributed by atoms with E-state index in [2.05, 4.69) is 5.32 Å². The van der Waals surface area contributed by atoms with Gasteiger partial charge in [0, 0.05) is 19.1 Å². The molecule has 0 aromatic heterocycles. The van der Waals surface area contributed by atoms with Crippen LogP contribution >= 0.6 is 0 Å². The van der Waals surface area contributed by atoms with Crippen molar-refractivity contribution >= 4 is 11.9 Å². The minimum Gasteiger partial charge on any atom is -0.481 e. The standard InChI is InChI=1S/C15H25NO4/c17-14(11-6-7-12(10-11)15(18)19)16-8-3-5-13-4-1-2-9-20-13/h11-13H,1-10H2,(H,16,17)(H,18,19)/t11-,12+,13?/m0/s1. The predicted molar refractivity (Wildman–Crippen MR) is 74.3 cm³/mol. The summed E-state index contributed by atoms with van der Waals surface area (Å²) in [6.45, 7) is 1.54. The zero-order chi connectivity index (χ0) is 14.4. The van der Waals surface area contributed by atoms with Crippen LogP contribution in [0.1, 0.15) is 51.4 Å². The van der Waals surface area contributed by atoms with Gasteiger partial charge in [0.05, 0.1) is 12.0 Å². The summed E-state index contributed by atoms with van der Waals surface area (Å²) in [4.78, 5) is 22.8. The van der Waals surface area contributed by atoms with Crippen LogP contribution in [0.15, 0.2) is 0 Å². The topological polar surface area (TPSA) is 75.6 Å². The number of carbonyl (C=O) groups excluding carboxylic acids is 1. The lowest BCUT2D eigenvalue weighted by Gasteiger charge is -2.22. The van der Waals surface area contributed by atoms with Crippen LogP contribution in [0, 0.1) is 11.8 Å². The highest BCUT2D eigenvalue weighted by atomic mass is 16.5. The number of hydrogen-bond acceptors (Lipinski definition) is 3. The quantitative estimate of drug-likeness (QED) is 0.731. The molecule has 2 aliphatic rings. The summed E-state index contributed by atoms with van der Waals surface area (Å²) >= 11 is 0. The van der Waals surface area contributed by atoms with Crippen molar-refractivity contribution in [2.45, 2.75) is 57.5 Å². The Morgan fingerprint density at radius 3 is 2.60 bits per heavy atom. The first kappa shape index (κ1) is 15.3. The van der Waals surface area contributed by atoms with Crippen molar-refractivity contribution in [1.82, 2.24) is 5.32 Å². The van der Waals surface area contributed by atoms with Crippen LogP contribution in [0.2, 0.25) is 0 Å². The van der Waals surface area contributed by atoms with Crippen LogP contribution in [-0.2, 0) is 14.3 Å². The molecule has 1 heterocycles. The fourth-order valence-corrected chi connectivity index (χ4v) is 3.16. The van der Waals surface area contributed by atoms with Gasteiger partial charge in [0.25, 0.3) is 0 Å². The fraction of sp³-hybridized carbons (Fsp3) is 0.867. The van der Waals surface area contributed by atoms with Gasteiger partial charge in [-0.2, -0.15) is 0 Å². The van der Waals surface area contributed by atoms with E-state index in [9.17, 15) is 9.59 Å². The Hall–Kier alpha value is -1.10. The van der Waals surface area contributed by atoms with E-state index >= 15 is 0 Å². The number of hydrogen-bond donors (Lipinski definition) is 2. The number of amides is 1. The zero-order valence-corrected chi connectivity index (χ0v) is 12.0. The molecule has 20 heavy (non-hydrogen) atoms. The van der Waals surface area contributed by atoms with E-state index < -0.39 is 5.97 Å². The molecule has 1 saturated carbocycles. The number of ether oxygens (including phenoxy) is 1. The first-order chi connectivity index (χ1) is 9.66. The Balaban J connectivity index is 1.57. The molecule has 1 aliphatic heterocycles. The molecule has 0 aromatic carbocycles. The van der Waals surface area contributed by atoms with Crippen molar-refractivity contribution < 1.29 is 19.4 Å². The van der Waals surface area contributed by atoms with Gasteiger partial charge < -0.3 is 15.2 Å². The Labute approximate surface area is 120 Å². The van der Waals surface area contributed by atoms with E-state index in [0.717, 1.165) is 25.9 Å². The van der Waals surface area contributed by atoms with Crippen LogP contribution in [0.25, 0.3) is 0 Å². The number of carbonyl (C=O) groups is 2. The summed E-state index contributed by atoms with van der Waals surface area (Å²) in [6, 6.07) is 0. The molecule has 114 valence electrons. The Morgan fingerprint density at radius 1 is 1.15 bits per heavy atom. The van der Waals surface area contributed by atoms with E-state index in [0.29, 0.717) is 31.9 Å². The number of carboxylic acid groups (broad SMARTS) is 1. The van der Waals surface area contributed by atoms with Gasteiger partial charge in [-0.15, -0.1) is 0 Å². The molecule has 3 atom stereocenters. The maximum Gasteiger partial charge on any atom is 0.306 e. The molecule has 2 fully saturated rings. The lowest BCUT2D eigenvalue weighted by molar-refractivity contribution is -0.141. The highest BCUT2D eigenvalue weighted by Gasteiger charge is 2.33. The normalized spacial score (nSPS) is 30.1. The van der Waals surface area contributed by atoms with E-state index in [-0.39, 0.29) is 17.7 Å². The maximum atomic E-state index is 11.9. The molecule has 2 rings (SSSR count). The fourth-order valence-electron chi connectivity index (χ4n) is 3.16. The van der Waals surface area contributed by atoms with Crippen molar-refractivity contribution in [2.24, 2.45) is 11.8 Å². The summed E-state index contributed by atoms with van der Waals surface area (Å²) < 4.78 is 5.65. The molecule has 1 unspecified atom stereocenters. The SMILES string of the molecule is O=C(O)[C@@H]1CC[C@H](C(=O)NCCCC2CCCCO2)C1. The molecule has 5 heteroatoms. The van der Waals surface area contributed by atoms with Crippen LogP contribution in [0.5, 0.6) is 0 Å². The van der Waals surface area contributed by atoms with Gasteiger partial charge in [0.15, 0.2) is 0 Å². The van der Waals surface area contributed by atoms with E-state index in [4.69, 9.17) is 9.84 Å². The molecule has 0 bridgehead atoms. The van der Waals surface area contributed by atoms with Crippen molar-refractivity contribution in [1.29, 1.82) is 0 Å². The van der Waals surface area contributed by atoms with Crippen molar-refractivity contribution in [3.8, 4) is 0 Å². The minimum atomic E-state index is -0.769. The molecule has 2 N–H and O–H groups in total. The molecule has 0 spiro atoms. The van der Waals surface area contributed by atoms with Gasteiger partial charge in [-0.05, 0) is 51.4 Å². The first-order valence-corrected chi connectivity index (χ1v) is 7.79. The van der Waals surface area contributed by atoms with Gasteiger partial charge in [-0.1, -0.05) is 0 Å². The number of aliphatic carboxylic acids is 1. The number of nitrogens with one attached hydrogen (secondary N) is 1. The maximum absolute atomic E-state index is 11.9. The molecular weight excluding hydrogens is 258 g/mol. The molecule has 0 radical (unpaired) electrons. The number of rotatable bonds is 6. The van der Waals surface area contributed by atoms with Crippen molar-refractivity contribution in [3.05, 3.63) is 0 Å². The first-order valence-electron chi connectivity index (χ1n) is 7.79. The highest BCUT2D eigenvalue weighted by Crippen LogP contribution is 2.31. The van der Waals surface area contributed by atoms with E-state index in [1.54, 1.807) is 0 Å². The third kappa shape index (κ3) is 4.47. The van der Waals surface area contributed by atoms with Crippen molar-refractivity contribution in [2.75, 3.05) is 13.2 Å². The summed E-state index contributed by atoms with van der Waals surface area (Å²) in [6.07, 6.45) is 7.68. The summed E-state index contributed by atoms with van der Waals surface area (Å²) in [5.74, 6) is -1.18. The lowest BCUT2D eigenvalue weighted by atomic mass is 10.0. The second-order valence-electron chi connectivity index (χ2n) is 5.97. The van der Waals surface area contributed by atoms with Gasteiger partial charge >= 0.3 is 5.97 Å². The van der Waals surface area contributed by atoms with Gasteiger partial charge in [-0.25, -0.2) is 0 Å².